The normalized spacial score (nSPS) is 12.4. The fourth-order valence-corrected chi connectivity index (χ4v) is 7.68. The van der Waals surface area contributed by atoms with E-state index in [-0.39, 0.29) is 31.1 Å². The molecule has 0 aliphatic rings. The monoisotopic (exact) mass is 883 g/mol. The summed E-state index contributed by atoms with van der Waals surface area (Å²) in [5, 5.41) is 0. The third kappa shape index (κ3) is 50.2. The quantitative estimate of drug-likeness (QED) is 0.0262. The zero-order valence-corrected chi connectivity index (χ0v) is 41.8. The Morgan fingerprint density at radius 3 is 0.905 bits per heavy atom. The molecule has 0 saturated heterocycles. The third-order valence-electron chi connectivity index (χ3n) is 11.8. The predicted octanol–water partition coefficient (Wildman–Crippen LogP) is 17.9. The number of ether oxygens (including phenoxy) is 3. The Kier molecular flexibility index (Phi) is 49.8. The van der Waals surface area contributed by atoms with Gasteiger partial charge in [0.05, 0.1) is 0 Å². The van der Waals surface area contributed by atoms with Crippen molar-refractivity contribution in [1.82, 2.24) is 0 Å². The molecule has 0 N–H and O–H groups in total. The van der Waals surface area contributed by atoms with Crippen LogP contribution >= 0.6 is 0 Å². The van der Waals surface area contributed by atoms with Crippen LogP contribution in [-0.4, -0.2) is 37.2 Å². The average Bonchev–Trinajstić information content (AvgIpc) is 3.28. The van der Waals surface area contributed by atoms with Crippen molar-refractivity contribution in [2.45, 2.75) is 284 Å². The van der Waals surface area contributed by atoms with Crippen molar-refractivity contribution in [3.8, 4) is 0 Å². The van der Waals surface area contributed by atoms with Crippen molar-refractivity contribution < 1.29 is 28.6 Å². The molecule has 366 valence electrons. The molecule has 0 aliphatic heterocycles. The van der Waals surface area contributed by atoms with Crippen LogP contribution in [0.3, 0.4) is 0 Å². The minimum atomic E-state index is -0.772. The number of esters is 3. The molecule has 1 unspecified atom stereocenters. The second-order valence-corrected chi connectivity index (χ2v) is 18.1. The van der Waals surface area contributed by atoms with Crippen molar-refractivity contribution in [3.05, 3.63) is 48.6 Å². The van der Waals surface area contributed by atoms with Gasteiger partial charge in [0.1, 0.15) is 13.2 Å². The molecule has 0 aromatic carbocycles. The second kappa shape index (κ2) is 52.0. The molecule has 0 aromatic heterocycles. The minimum Gasteiger partial charge on any atom is -0.462 e. The summed E-state index contributed by atoms with van der Waals surface area (Å²) in [6.07, 6.45) is 62.8. The van der Waals surface area contributed by atoms with Crippen LogP contribution in [0.15, 0.2) is 48.6 Å². The molecule has 6 heteroatoms. The van der Waals surface area contributed by atoms with Gasteiger partial charge in [-0.05, 0) is 83.5 Å². The molecule has 0 amide bonds. The van der Waals surface area contributed by atoms with E-state index in [0.29, 0.717) is 19.3 Å². The Hall–Kier alpha value is -2.63. The van der Waals surface area contributed by atoms with Crippen LogP contribution in [0.25, 0.3) is 0 Å². The van der Waals surface area contributed by atoms with E-state index in [9.17, 15) is 14.4 Å². The van der Waals surface area contributed by atoms with E-state index >= 15 is 0 Å². The van der Waals surface area contributed by atoms with Gasteiger partial charge in [0.15, 0.2) is 6.10 Å². The van der Waals surface area contributed by atoms with Crippen LogP contribution in [0.1, 0.15) is 278 Å². The Morgan fingerprint density at radius 2 is 0.571 bits per heavy atom. The van der Waals surface area contributed by atoms with Crippen LogP contribution in [-0.2, 0) is 28.6 Å². The summed E-state index contributed by atoms with van der Waals surface area (Å²) >= 11 is 0. The number of unbranched alkanes of at least 4 members (excludes halogenated alkanes) is 30. The molecule has 0 spiro atoms. The van der Waals surface area contributed by atoms with E-state index in [1.165, 1.54) is 161 Å². The van der Waals surface area contributed by atoms with E-state index in [4.69, 9.17) is 14.2 Å². The molecule has 0 fully saturated rings. The molecule has 0 radical (unpaired) electrons. The molecular formula is C57H102O6. The molecule has 1 atom stereocenters. The van der Waals surface area contributed by atoms with Crippen molar-refractivity contribution >= 4 is 17.9 Å². The topological polar surface area (TPSA) is 78.9 Å². The number of hydrogen-bond acceptors (Lipinski definition) is 6. The fourth-order valence-electron chi connectivity index (χ4n) is 7.68. The number of hydrogen-bond donors (Lipinski definition) is 0. The summed E-state index contributed by atoms with van der Waals surface area (Å²) < 4.78 is 16.7. The lowest BCUT2D eigenvalue weighted by Crippen LogP contribution is -2.30. The van der Waals surface area contributed by atoms with Crippen LogP contribution in [0.5, 0.6) is 0 Å². The SMILES string of the molecule is CCCCC/C=C\C/C=C\CCCCCCCCCCCC(=O)OC(COC(=O)CCCCCCC)COC(=O)CCCCCCCCCCC/C=C\C/C=C\CCCCCCC. The lowest BCUT2D eigenvalue weighted by atomic mass is 10.1. The summed E-state index contributed by atoms with van der Waals surface area (Å²) in [5.41, 5.74) is 0. The maximum atomic E-state index is 12.8. The lowest BCUT2D eigenvalue weighted by Gasteiger charge is -2.18. The zero-order valence-electron chi connectivity index (χ0n) is 41.8. The molecule has 0 aliphatic carbocycles. The van der Waals surface area contributed by atoms with Crippen LogP contribution in [0.2, 0.25) is 0 Å². The van der Waals surface area contributed by atoms with Crippen molar-refractivity contribution in [1.29, 1.82) is 0 Å². The van der Waals surface area contributed by atoms with E-state index in [2.05, 4.69) is 69.4 Å². The van der Waals surface area contributed by atoms with E-state index in [1.807, 2.05) is 0 Å². The highest BCUT2D eigenvalue weighted by atomic mass is 16.6. The Labute approximate surface area is 390 Å². The molecule has 0 heterocycles. The van der Waals surface area contributed by atoms with E-state index in [0.717, 1.165) is 77.0 Å². The first-order valence-corrected chi connectivity index (χ1v) is 27.1. The first-order chi connectivity index (χ1) is 31.0. The fraction of sp³-hybridized carbons (Fsp3) is 0.807. The molecule has 63 heavy (non-hydrogen) atoms. The Morgan fingerprint density at radius 1 is 0.317 bits per heavy atom. The van der Waals surface area contributed by atoms with E-state index < -0.39 is 6.10 Å². The van der Waals surface area contributed by atoms with Crippen molar-refractivity contribution in [2.75, 3.05) is 13.2 Å². The maximum absolute atomic E-state index is 12.8. The Bertz CT molecular complexity index is 1110. The van der Waals surface area contributed by atoms with Crippen LogP contribution < -0.4 is 0 Å². The van der Waals surface area contributed by atoms with Gasteiger partial charge in [0, 0.05) is 19.3 Å². The molecule has 6 nitrogen and oxygen atoms in total. The van der Waals surface area contributed by atoms with Gasteiger partial charge >= 0.3 is 17.9 Å². The Balaban J connectivity index is 4.13. The van der Waals surface area contributed by atoms with Crippen LogP contribution in [0.4, 0.5) is 0 Å². The summed E-state index contributed by atoms with van der Waals surface area (Å²) in [5.74, 6) is -0.890. The summed E-state index contributed by atoms with van der Waals surface area (Å²) in [6, 6.07) is 0. The van der Waals surface area contributed by atoms with Crippen molar-refractivity contribution in [2.24, 2.45) is 0 Å². The largest absolute Gasteiger partial charge is 0.462 e. The van der Waals surface area contributed by atoms with Gasteiger partial charge in [-0.3, -0.25) is 14.4 Å². The van der Waals surface area contributed by atoms with Gasteiger partial charge in [-0.25, -0.2) is 0 Å². The molecular weight excluding hydrogens is 781 g/mol. The molecule has 0 aromatic rings. The number of carbonyl (C=O) groups is 3. The summed E-state index contributed by atoms with van der Waals surface area (Å²) in [6.45, 7) is 6.53. The van der Waals surface area contributed by atoms with Gasteiger partial charge in [-0.1, -0.05) is 223 Å². The van der Waals surface area contributed by atoms with Crippen LogP contribution in [0, 0.1) is 0 Å². The number of rotatable bonds is 49. The molecule has 0 rings (SSSR count). The van der Waals surface area contributed by atoms with Gasteiger partial charge in [0.2, 0.25) is 0 Å². The minimum absolute atomic E-state index is 0.0761. The lowest BCUT2D eigenvalue weighted by molar-refractivity contribution is -0.167. The smallest absolute Gasteiger partial charge is 0.306 e. The highest BCUT2D eigenvalue weighted by molar-refractivity contribution is 5.71. The van der Waals surface area contributed by atoms with E-state index in [1.54, 1.807) is 0 Å². The standard InChI is InChI=1S/C57H102O6/c1-4-7-10-13-15-17-19-21-23-25-27-28-30-31-33-35-37-39-41-44-47-50-56(59)62-53-54(52-61-55(58)49-46-43-12-9-6-3)63-57(60)51-48-45-42-40-38-36-34-32-29-26-24-22-20-18-16-14-11-8-5-2/h16,18-19,21-22,24-25,27,54H,4-15,17,20,23,26,28-53H2,1-3H3/b18-16-,21-19-,24-22-,27-25-. The first kappa shape index (κ1) is 60.4. The highest BCUT2D eigenvalue weighted by Crippen LogP contribution is 2.15. The predicted molar refractivity (Wildman–Crippen MR) is 270 cm³/mol. The second-order valence-electron chi connectivity index (χ2n) is 18.1. The molecule has 0 bridgehead atoms. The summed E-state index contributed by atoms with van der Waals surface area (Å²) in [4.78, 5) is 37.7. The zero-order chi connectivity index (χ0) is 45.8. The van der Waals surface area contributed by atoms with Gasteiger partial charge in [-0.2, -0.15) is 0 Å². The highest BCUT2D eigenvalue weighted by Gasteiger charge is 2.19. The number of allylic oxidation sites excluding steroid dienone is 8. The van der Waals surface area contributed by atoms with Gasteiger partial charge < -0.3 is 14.2 Å². The van der Waals surface area contributed by atoms with Crippen molar-refractivity contribution in [3.63, 3.8) is 0 Å². The first-order valence-electron chi connectivity index (χ1n) is 27.1. The summed E-state index contributed by atoms with van der Waals surface area (Å²) in [7, 11) is 0. The van der Waals surface area contributed by atoms with Gasteiger partial charge in [-0.15, -0.1) is 0 Å². The average molecular weight is 883 g/mol. The van der Waals surface area contributed by atoms with Gasteiger partial charge in [0.25, 0.3) is 0 Å². The maximum Gasteiger partial charge on any atom is 0.306 e. The third-order valence-corrected chi connectivity index (χ3v) is 11.8. The number of carbonyl (C=O) groups excluding carboxylic acids is 3. The molecule has 0 saturated carbocycles.